The van der Waals surface area contributed by atoms with Gasteiger partial charge in [0.1, 0.15) is 0 Å². The molecule has 0 saturated carbocycles. The molecule has 0 unspecified atom stereocenters. The van der Waals surface area contributed by atoms with Gasteiger partial charge in [-0.25, -0.2) is 0 Å². The van der Waals surface area contributed by atoms with Gasteiger partial charge in [-0.1, -0.05) is 43.7 Å². The highest BCUT2D eigenvalue weighted by atomic mass is 14.6. The van der Waals surface area contributed by atoms with Crippen LogP contribution in [-0.4, -0.2) is 0 Å². The summed E-state index contributed by atoms with van der Waals surface area (Å²) in [4.78, 5) is 0. The lowest BCUT2D eigenvalue weighted by Gasteiger charge is -2.16. The van der Waals surface area contributed by atoms with Gasteiger partial charge in [-0.3, -0.25) is 0 Å². The van der Waals surface area contributed by atoms with Gasteiger partial charge < -0.3 is 11.5 Å². The third-order valence-electron chi connectivity index (χ3n) is 4.17. The van der Waals surface area contributed by atoms with Crippen molar-refractivity contribution < 1.29 is 0 Å². The van der Waals surface area contributed by atoms with Crippen molar-refractivity contribution in [1.82, 2.24) is 0 Å². The minimum absolute atomic E-state index is 0.845. The van der Waals surface area contributed by atoms with Gasteiger partial charge in [-0.2, -0.15) is 0 Å². The van der Waals surface area contributed by atoms with Crippen LogP contribution in [0.25, 0.3) is 0 Å². The molecular formula is C19H26N2. The topological polar surface area (TPSA) is 52.0 Å². The number of aryl methyl sites for hydroxylation is 3. The molecule has 0 amide bonds. The average Bonchev–Trinajstić information content (AvgIpc) is 2.44. The molecule has 21 heavy (non-hydrogen) atoms. The second kappa shape index (κ2) is 6.21. The molecule has 2 heteroatoms. The van der Waals surface area contributed by atoms with Gasteiger partial charge in [0.25, 0.3) is 0 Å². The second-order valence-corrected chi connectivity index (χ2v) is 5.87. The van der Waals surface area contributed by atoms with E-state index in [-0.39, 0.29) is 0 Å². The van der Waals surface area contributed by atoms with Gasteiger partial charge in [0.15, 0.2) is 0 Å². The highest BCUT2D eigenvalue weighted by Crippen LogP contribution is 2.30. The van der Waals surface area contributed by atoms with Crippen LogP contribution in [0.5, 0.6) is 0 Å². The Hall–Kier alpha value is -1.96. The molecule has 0 aromatic heterocycles. The fraction of sp³-hybridized carbons (Fsp3) is 0.368. The number of hydrogen-bond donors (Lipinski definition) is 2. The van der Waals surface area contributed by atoms with Crippen LogP contribution in [0.2, 0.25) is 0 Å². The monoisotopic (exact) mass is 282 g/mol. The third-order valence-corrected chi connectivity index (χ3v) is 4.17. The smallest absolute Gasteiger partial charge is 0.0403 e. The molecule has 112 valence electrons. The van der Waals surface area contributed by atoms with E-state index in [2.05, 4.69) is 52.0 Å². The van der Waals surface area contributed by atoms with Crippen LogP contribution in [0.1, 0.15) is 47.2 Å². The molecule has 0 aliphatic carbocycles. The summed E-state index contributed by atoms with van der Waals surface area (Å²) in [6, 6.07) is 8.91. The van der Waals surface area contributed by atoms with Gasteiger partial charge in [0.2, 0.25) is 0 Å². The Kier molecular flexibility index (Phi) is 4.56. The number of nitrogen functional groups attached to an aromatic ring is 2. The Morgan fingerprint density at radius 2 is 1.48 bits per heavy atom. The van der Waals surface area contributed by atoms with Crippen LogP contribution >= 0.6 is 0 Å². The number of benzene rings is 2. The third kappa shape index (κ3) is 3.21. The van der Waals surface area contributed by atoms with Gasteiger partial charge in [0, 0.05) is 11.4 Å². The van der Waals surface area contributed by atoms with Crippen molar-refractivity contribution in [3.05, 3.63) is 57.6 Å². The highest BCUT2D eigenvalue weighted by Gasteiger charge is 2.11. The molecular weight excluding hydrogens is 256 g/mol. The predicted molar refractivity (Wildman–Crippen MR) is 92.7 cm³/mol. The first-order valence-corrected chi connectivity index (χ1v) is 7.72. The van der Waals surface area contributed by atoms with Gasteiger partial charge in [-0.15, -0.1) is 0 Å². The van der Waals surface area contributed by atoms with E-state index in [1.165, 1.54) is 22.3 Å². The van der Waals surface area contributed by atoms with Crippen LogP contribution in [-0.2, 0) is 19.3 Å². The van der Waals surface area contributed by atoms with E-state index in [1.54, 1.807) is 0 Å². The summed E-state index contributed by atoms with van der Waals surface area (Å²) in [5.41, 5.74) is 21.6. The number of hydrogen-bond acceptors (Lipinski definition) is 2. The van der Waals surface area contributed by atoms with E-state index in [1.807, 2.05) is 0 Å². The molecule has 0 aliphatic heterocycles. The Labute approximate surface area is 128 Å². The van der Waals surface area contributed by atoms with E-state index in [0.29, 0.717) is 0 Å². The number of anilines is 2. The van der Waals surface area contributed by atoms with Crippen molar-refractivity contribution in [3.8, 4) is 0 Å². The lowest BCUT2D eigenvalue weighted by molar-refractivity contribution is 1.08. The van der Waals surface area contributed by atoms with Crippen molar-refractivity contribution in [2.45, 2.75) is 47.0 Å². The first-order chi connectivity index (χ1) is 9.96. The van der Waals surface area contributed by atoms with Crippen molar-refractivity contribution in [3.63, 3.8) is 0 Å². The summed E-state index contributed by atoms with van der Waals surface area (Å²) in [5.74, 6) is 0. The zero-order chi connectivity index (χ0) is 15.6. The fourth-order valence-corrected chi connectivity index (χ4v) is 3.00. The standard InChI is InChI=1S/C19H26N2/c1-5-14-7-12(3)8-15(10-14)11-16-9-13(4)18(20)17(6-2)19(16)21/h7-10H,5-6,11,20-21H2,1-4H3. The molecule has 0 spiro atoms. The highest BCUT2D eigenvalue weighted by molar-refractivity contribution is 5.69. The quantitative estimate of drug-likeness (QED) is 0.826. The first-order valence-electron chi connectivity index (χ1n) is 7.72. The van der Waals surface area contributed by atoms with Crippen LogP contribution in [0.4, 0.5) is 11.4 Å². The normalized spacial score (nSPS) is 10.9. The summed E-state index contributed by atoms with van der Waals surface area (Å²) in [6.45, 7) is 8.51. The maximum absolute atomic E-state index is 6.34. The summed E-state index contributed by atoms with van der Waals surface area (Å²) < 4.78 is 0. The van der Waals surface area contributed by atoms with Crippen molar-refractivity contribution in [1.29, 1.82) is 0 Å². The molecule has 0 saturated heterocycles. The van der Waals surface area contributed by atoms with Crippen molar-refractivity contribution in [2.24, 2.45) is 0 Å². The molecule has 0 aliphatic rings. The fourth-order valence-electron chi connectivity index (χ4n) is 3.00. The van der Waals surface area contributed by atoms with Crippen molar-refractivity contribution >= 4 is 11.4 Å². The molecule has 0 fully saturated rings. The van der Waals surface area contributed by atoms with Crippen LogP contribution < -0.4 is 11.5 Å². The molecule has 2 aromatic rings. The maximum atomic E-state index is 6.34. The summed E-state index contributed by atoms with van der Waals surface area (Å²) in [5, 5.41) is 0. The zero-order valence-corrected chi connectivity index (χ0v) is 13.6. The number of nitrogens with two attached hydrogens (primary N) is 2. The molecule has 0 radical (unpaired) electrons. The zero-order valence-electron chi connectivity index (χ0n) is 13.6. The molecule has 2 rings (SSSR count). The van der Waals surface area contributed by atoms with Crippen LogP contribution in [0.15, 0.2) is 24.3 Å². The van der Waals surface area contributed by atoms with E-state index in [0.717, 1.165) is 41.8 Å². The van der Waals surface area contributed by atoms with Crippen LogP contribution in [0, 0.1) is 13.8 Å². The van der Waals surface area contributed by atoms with Crippen molar-refractivity contribution in [2.75, 3.05) is 11.5 Å². The summed E-state index contributed by atoms with van der Waals surface area (Å²) >= 11 is 0. The van der Waals surface area contributed by atoms with Crippen LogP contribution in [0.3, 0.4) is 0 Å². The van der Waals surface area contributed by atoms with E-state index < -0.39 is 0 Å². The lowest BCUT2D eigenvalue weighted by Crippen LogP contribution is -2.06. The van der Waals surface area contributed by atoms with E-state index in [9.17, 15) is 0 Å². The summed E-state index contributed by atoms with van der Waals surface area (Å²) in [6.07, 6.45) is 2.81. The van der Waals surface area contributed by atoms with Gasteiger partial charge in [-0.05, 0) is 60.9 Å². The minimum Gasteiger partial charge on any atom is -0.398 e. The molecule has 0 heterocycles. The Morgan fingerprint density at radius 1 is 0.810 bits per heavy atom. The largest absolute Gasteiger partial charge is 0.398 e. The lowest BCUT2D eigenvalue weighted by atomic mass is 9.93. The first kappa shape index (κ1) is 15.4. The molecule has 2 aromatic carbocycles. The molecule has 4 N–H and O–H groups in total. The van der Waals surface area contributed by atoms with E-state index >= 15 is 0 Å². The Bertz CT molecular complexity index is 657. The van der Waals surface area contributed by atoms with E-state index in [4.69, 9.17) is 11.5 Å². The van der Waals surface area contributed by atoms with Gasteiger partial charge >= 0.3 is 0 Å². The summed E-state index contributed by atoms with van der Waals surface area (Å²) in [7, 11) is 0. The number of rotatable bonds is 4. The molecule has 2 nitrogen and oxygen atoms in total. The molecule has 0 atom stereocenters. The Morgan fingerprint density at radius 3 is 2.10 bits per heavy atom. The predicted octanol–water partition coefficient (Wildman–Crippen LogP) is 4.18. The maximum Gasteiger partial charge on any atom is 0.0403 e. The SMILES string of the molecule is CCc1cc(C)cc(Cc2cc(C)c(N)c(CC)c2N)c1. The second-order valence-electron chi connectivity index (χ2n) is 5.87. The Balaban J connectivity index is 2.44. The average molecular weight is 282 g/mol. The minimum atomic E-state index is 0.845. The molecule has 0 bridgehead atoms. The van der Waals surface area contributed by atoms with Gasteiger partial charge in [0.05, 0.1) is 0 Å².